The van der Waals surface area contributed by atoms with Crippen LogP contribution in [0.1, 0.15) is 18.3 Å². The molecule has 3 rings (SSSR count). The molecule has 0 amide bonds. The molecule has 20 heavy (non-hydrogen) atoms. The highest BCUT2D eigenvalue weighted by atomic mass is 35.5. The summed E-state index contributed by atoms with van der Waals surface area (Å²) in [6.45, 7) is 4.45. The minimum absolute atomic E-state index is 0.183. The highest BCUT2D eigenvalue weighted by Crippen LogP contribution is 2.31. The van der Waals surface area contributed by atoms with E-state index in [4.69, 9.17) is 16.3 Å². The van der Waals surface area contributed by atoms with Gasteiger partial charge in [-0.15, -0.1) is 10.2 Å². The van der Waals surface area contributed by atoms with Crippen molar-refractivity contribution >= 4 is 29.1 Å². The second-order valence-corrected chi connectivity index (χ2v) is 5.70. The van der Waals surface area contributed by atoms with Gasteiger partial charge in [0.1, 0.15) is 5.71 Å². The van der Waals surface area contributed by atoms with E-state index in [1.807, 2.05) is 38.1 Å². The number of ether oxygens (including phenoxy) is 1. The van der Waals surface area contributed by atoms with Gasteiger partial charge in [0.2, 0.25) is 5.16 Å². The molecule has 2 heterocycles. The van der Waals surface area contributed by atoms with Crippen molar-refractivity contribution in [2.45, 2.75) is 24.4 Å². The van der Waals surface area contributed by atoms with Crippen molar-refractivity contribution in [2.75, 3.05) is 6.61 Å². The molecule has 5 nitrogen and oxygen atoms in total. The summed E-state index contributed by atoms with van der Waals surface area (Å²) < 4.78 is 7.50. The van der Waals surface area contributed by atoms with E-state index in [0.717, 1.165) is 22.3 Å². The van der Waals surface area contributed by atoms with Gasteiger partial charge in [-0.05, 0) is 37.7 Å². The molecule has 7 heteroatoms. The Morgan fingerprint density at radius 1 is 1.30 bits per heavy atom. The van der Waals surface area contributed by atoms with Gasteiger partial charge in [0.25, 0.3) is 0 Å². The van der Waals surface area contributed by atoms with Crippen LogP contribution in [0.4, 0.5) is 0 Å². The first-order valence-electron chi connectivity index (χ1n) is 6.24. The lowest BCUT2D eigenvalue weighted by atomic mass is 10.1. The zero-order valence-electron chi connectivity index (χ0n) is 11.1. The van der Waals surface area contributed by atoms with Crippen LogP contribution in [-0.4, -0.2) is 32.6 Å². The van der Waals surface area contributed by atoms with Gasteiger partial charge in [0.15, 0.2) is 11.3 Å². The zero-order valence-corrected chi connectivity index (χ0v) is 12.6. The monoisotopic (exact) mass is 308 g/mol. The lowest BCUT2D eigenvalue weighted by Gasteiger charge is -2.22. The van der Waals surface area contributed by atoms with E-state index in [0.29, 0.717) is 11.6 Å². The van der Waals surface area contributed by atoms with Crippen molar-refractivity contribution < 1.29 is 4.74 Å². The van der Waals surface area contributed by atoms with Gasteiger partial charge in [-0.1, -0.05) is 23.7 Å². The minimum atomic E-state index is -0.183. The average Bonchev–Trinajstić information content (AvgIpc) is 2.80. The van der Waals surface area contributed by atoms with Crippen molar-refractivity contribution in [3.8, 4) is 0 Å². The maximum absolute atomic E-state index is 5.94. The molecule has 0 fully saturated rings. The summed E-state index contributed by atoms with van der Waals surface area (Å²) in [5.74, 6) is 0.758. The fourth-order valence-corrected chi connectivity index (χ4v) is 3.09. The summed E-state index contributed by atoms with van der Waals surface area (Å²) >= 11 is 7.45. The third-order valence-electron chi connectivity index (χ3n) is 2.87. The largest absolute Gasteiger partial charge is 0.361 e. The third kappa shape index (κ3) is 2.46. The second kappa shape index (κ2) is 5.55. The number of hydrogen-bond donors (Lipinski definition) is 0. The van der Waals surface area contributed by atoms with Crippen molar-refractivity contribution in [3.05, 3.63) is 40.7 Å². The molecule has 0 unspecified atom stereocenters. The Hall–Kier alpha value is -1.37. The van der Waals surface area contributed by atoms with Gasteiger partial charge in [-0.3, -0.25) is 0 Å². The standard InChI is InChI=1S/C13H13ClN4OS/c1-3-19-12-11(9-4-6-10(14)7-5-9)17-18-8(2)15-16-13(18)20-12/h4-7,12H,3H2,1-2H3/t12-/m0/s1. The SMILES string of the molecule is CCO[C@H]1Sc2nnc(C)n2N=C1c1ccc(Cl)cc1. The Balaban J connectivity index is 2.06. The number of rotatable bonds is 3. The molecule has 0 N–H and O–H groups in total. The lowest BCUT2D eigenvalue weighted by Crippen LogP contribution is -2.27. The summed E-state index contributed by atoms with van der Waals surface area (Å²) in [5, 5.41) is 14.2. The van der Waals surface area contributed by atoms with Crippen LogP contribution in [0.3, 0.4) is 0 Å². The number of nitrogens with zero attached hydrogens (tertiary/aromatic N) is 4. The predicted octanol–water partition coefficient (Wildman–Crippen LogP) is 2.96. The van der Waals surface area contributed by atoms with Crippen LogP contribution in [0.25, 0.3) is 0 Å². The van der Waals surface area contributed by atoms with Crippen LogP contribution in [0.2, 0.25) is 5.02 Å². The molecule has 0 saturated heterocycles. The number of aryl methyl sites for hydroxylation is 1. The quantitative estimate of drug-likeness (QED) is 0.875. The maximum Gasteiger partial charge on any atom is 0.214 e. The minimum Gasteiger partial charge on any atom is -0.361 e. The van der Waals surface area contributed by atoms with E-state index in [1.54, 1.807) is 4.68 Å². The van der Waals surface area contributed by atoms with Gasteiger partial charge in [0.05, 0.1) is 0 Å². The average molecular weight is 309 g/mol. The number of hydrogen-bond acceptors (Lipinski definition) is 5. The second-order valence-electron chi connectivity index (χ2n) is 4.24. The molecule has 1 atom stereocenters. The van der Waals surface area contributed by atoms with Gasteiger partial charge in [-0.25, -0.2) is 0 Å². The number of thioether (sulfide) groups is 1. The van der Waals surface area contributed by atoms with Crippen molar-refractivity contribution in [1.29, 1.82) is 0 Å². The van der Waals surface area contributed by atoms with E-state index in [2.05, 4.69) is 15.3 Å². The van der Waals surface area contributed by atoms with Gasteiger partial charge < -0.3 is 4.74 Å². The predicted molar refractivity (Wildman–Crippen MR) is 79.4 cm³/mol. The Kier molecular flexibility index (Phi) is 3.78. The Bertz CT molecular complexity index is 653. The van der Waals surface area contributed by atoms with Crippen LogP contribution in [-0.2, 0) is 4.74 Å². The van der Waals surface area contributed by atoms with Crippen LogP contribution in [0, 0.1) is 6.92 Å². The summed E-state index contributed by atoms with van der Waals surface area (Å²) in [7, 11) is 0. The molecule has 0 aliphatic carbocycles. The third-order valence-corrected chi connectivity index (χ3v) is 4.16. The lowest BCUT2D eigenvalue weighted by molar-refractivity contribution is 0.163. The Labute approximate surface area is 126 Å². The molecule has 0 bridgehead atoms. The van der Waals surface area contributed by atoms with Gasteiger partial charge in [0, 0.05) is 17.2 Å². The number of aromatic nitrogens is 3. The summed E-state index contributed by atoms with van der Waals surface area (Å²) in [6.07, 6.45) is 0. The first-order valence-corrected chi connectivity index (χ1v) is 7.50. The van der Waals surface area contributed by atoms with Crippen molar-refractivity contribution in [1.82, 2.24) is 14.9 Å². The molecule has 104 valence electrons. The Morgan fingerprint density at radius 2 is 2.05 bits per heavy atom. The van der Waals surface area contributed by atoms with Crippen molar-refractivity contribution in [3.63, 3.8) is 0 Å². The maximum atomic E-state index is 5.94. The van der Waals surface area contributed by atoms with E-state index < -0.39 is 0 Å². The van der Waals surface area contributed by atoms with E-state index in [-0.39, 0.29) is 5.44 Å². The molecule has 1 aliphatic rings. The zero-order chi connectivity index (χ0) is 14.1. The van der Waals surface area contributed by atoms with E-state index in [9.17, 15) is 0 Å². The highest BCUT2D eigenvalue weighted by Gasteiger charge is 2.28. The summed E-state index contributed by atoms with van der Waals surface area (Å²) in [4.78, 5) is 0. The molecule has 0 saturated carbocycles. The summed E-state index contributed by atoms with van der Waals surface area (Å²) in [6, 6.07) is 7.58. The fraction of sp³-hybridized carbons (Fsp3) is 0.308. The van der Waals surface area contributed by atoms with E-state index >= 15 is 0 Å². The Morgan fingerprint density at radius 3 is 2.75 bits per heavy atom. The smallest absolute Gasteiger partial charge is 0.214 e. The molecule has 1 aromatic carbocycles. The molecular formula is C13H13ClN4OS. The summed E-state index contributed by atoms with van der Waals surface area (Å²) in [5.41, 5.74) is 1.65. The van der Waals surface area contributed by atoms with Crippen LogP contribution in [0.5, 0.6) is 0 Å². The molecule has 2 aromatic rings. The first kappa shape index (κ1) is 13.6. The van der Waals surface area contributed by atoms with Crippen LogP contribution < -0.4 is 0 Å². The number of halogens is 1. The first-order chi connectivity index (χ1) is 9.69. The normalized spacial score (nSPS) is 17.8. The molecule has 0 spiro atoms. The highest BCUT2D eigenvalue weighted by molar-refractivity contribution is 8.00. The molecule has 1 aliphatic heterocycles. The molecular weight excluding hydrogens is 296 g/mol. The molecule has 0 radical (unpaired) electrons. The van der Waals surface area contributed by atoms with Crippen molar-refractivity contribution in [2.24, 2.45) is 5.10 Å². The van der Waals surface area contributed by atoms with Crippen LogP contribution >= 0.6 is 23.4 Å². The van der Waals surface area contributed by atoms with E-state index in [1.165, 1.54) is 11.8 Å². The molecule has 1 aromatic heterocycles. The fourth-order valence-electron chi connectivity index (χ4n) is 1.91. The number of fused-ring (bicyclic) bond motifs is 1. The van der Waals surface area contributed by atoms with Crippen LogP contribution in [0.15, 0.2) is 34.5 Å². The number of benzene rings is 1. The van der Waals surface area contributed by atoms with Gasteiger partial charge in [-0.2, -0.15) is 9.78 Å². The topological polar surface area (TPSA) is 52.3 Å². The van der Waals surface area contributed by atoms with Gasteiger partial charge >= 0.3 is 0 Å².